The Morgan fingerprint density at radius 2 is 1.74 bits per heavy atom. The lowest BCUT2D eigenvalue weighted by Gasteiger charge is -2.07. The van der Waals surface area contributed by atoms with Gasteiger partial charge in [0, 0.05) is 16.5 Å². The molecule has 1 aromatic heterocycles. The smallest absolute Gasteiger partial charge is 0.257 e. The van der Waals surface area contributed by atoms with Crippen molar-refractivity contribution in [2.45, 2.75) is 6.92 Å². The first-order chi connectivity index (χ1) is 13.2. The fraction of sp³-hybridized carbons (Fsp3) is 0.0909. The molecule has 0 aliphatic heterocycles. The molecule has 0 unspecified atom stereocenters. The third kappa shape index (κ3) is 3.41. The van der Waals surface area contributed by atoms with Crippen molar-refractivity contribution in [1.29, 1.82) is 0 Å². The highest BCUT2D eigenvalue weighted by molar-refractivity contribution is 7.14. The number of nitrogens with zero attached hydrogens (tertiary/aromatic N) is 1. The first-order valence-electron chi connectivity index (χ1n) is 8.55. The number of ether oxygens (including phenoxy) is 1. The van der Waals surface area contributed by atoms with Crippen LogP contribution in [0.25, 0.3) is 22.0 Å². The second-order valence-corrected chi connectivity index (χ2v) is 7.05. The number of carbonyl (C=O) groups is 1. The lowest BCUT2D eigenvalue weighted by atomic mass is 9.99. The minimum Gasteiger partial charge on any atom is -0.497 e. The Balaban J connectivity index is 1.60. The molecule has 4 nitrogen and oxygen atoms in total. The van der Waals surface area contributed by atoms with Gasteiger partial charge in [-0.1, -0.05) is 36.4 Å². The molecule has 0 aliphatic carbocycles. The van der Waals surface area contributed by atoms with Gasteiger partial charge in [-0.25, -0.2) is 4.98 Å². The molecule has 0 spiro atoms. The van der Waals surface area contributed by atoms with Crippen LogP contribution in [0.1, 0.15) is 15.9 Å². The predicted molar refractivity (Wildman–Crippen MR) is 111 cm³/mol. The molecule has 27 heavy (non-hydrogen) atoms. The van der Waals surface area contributed by atoms with Gasteiger partial charge < -0.3 is 4.74 Å². The molecule has 4 aromatic rings. The van der Waals surface area contributed by atoms with Crippen molar-refractivity contribution in [3.05, 3.63) is 77.2 Å². The van der Waals surface area contributed by atoms with E-state index >= 15 is 0 Å². The summed E-state index contributed by atoms with van der Waals surface area (Å²) in [5, 5.41) is 7.80. The summed E-state index contributed by atoms with van der Waals surface area (Å²) in [7, 11) is 1.60. The van der Waals surface area contributed by atoms with E-state index in [9.17, 15) is 4.79 Å². The van der Waals surface area contributed by atoms with E-state index in [0.717, 1.165) is 16.6 Å². The molecule has 1 amide bonds. The molecule has 0 radical (unpaired) electrons. The maximum atomic E-state index is 12.4. The molecular formula is C22H18N2O2S. The Labute approximate surface area is 161 Å². The van der Waals surface area contributed by atoms with Crippen LogP contribution in [0.2, 0.25) is 0 Å². The Morgan fingerprint density at radius 1 is 1.00 bits per heavy atom. The number of hydrogen-bond donors (Lipinski definition) is 1. The van der Waals surface area contributed by atoms with Gasteiger partial charge in [-0.2, -0.15) is 0 Å². The van der Waals surface area contributed by atoms with Crippen molar-refractivity contribution >= 4 is 33.1 Å². The van der Waals surface area contributed by atoms with E-state index in [0.29, 0.717) is 16.4 Å². The Morgan fingerprint density at radius 3 is 2.48 bits per heavy atom. The number of anilines is 1. The molecule has 0 atom stereocenters. The molecule has 5 heteroatoms. The summed E-state index contributed by atoms with van der Waals surface area (Å²) in [5.41, 5.74) is 3.73. The number of aromatic nitrogens is 1. The first kappa shape index (κ1) is 17.2. The fourth-order valence-electron chi connectivity index (χ4n) is 3.04. The van der Waals surface area contributed by atoms with Gasteiger partial charge in [0.05, 0.1) is 12.8 Å². The molecule has 1 heterocycles. The highest BCUT2D eigenvalue weighted by Gasteiger charge is 2.12. The Hall–Kier alpha value is -3.18. The number of fused-ring (bicyclic) bond motifs is 1. The molecule has 134 valence electrons. The van der Waals surface area contributed by atoms with Crippen LogP contribution >= 0.6 is 11.3 Å². The molecule has 0 saturated carbocycles. The minimum atomic E-state index is -0.188. The summed E-state index contributed by atoms with van der Waals surface area (Å²) in [6.07, 6.45) is 0. The van der Waals surface area contributed by atoms with Gasteiger partial charge in [0.15, 0.2) is 5.13 Å². The number of thiazole rings is 1. The molecule has 0 saturated heterocycles. The second-order valence-electron chi connectivity index (χ2n) is 6.20. The van der Waals surface area contributed by atoms with E-state index in [1.165, 1.54) is 22.3 Å². The maximum Gasteiger partial charge on any atom is 0.257 e. The lowest BCUT2D eigenvalue weighted by molar-refractivity contribution is 0.102. The van der Waals surface area contributed by atoms with Gasteiger partial charge in [-0.15, -0.1) is 11.3 Å². The third-order valence-corrected chi connectivity index (χ3v) is 5.25. The van der Waals surface area contributed by atoms with Crippen molar-refractivity contribution < 1.29 is 9.53 Å². The predicted octanol–water partition coefficient (Wildman–Crippen LogP) is 5.53. The summed E-state index contributed by atoms with van der Waals surface area (Å²) < 4.78 is 5.12. The van der Waals surface area contributed by atoms with Gasteiger partial charge in [0.25, 0.3) is 5.91 Å². The average Bonchev–Trinajstić information content (AvgIpc) is 3.16. The van der Waals surface area contributed by atoms with Crippen LogP contribution < -0.4 is 10.1 Å². The van der Waals surface area contributed by atoms with E-state index in [1.54, 1.807) is 31.4 Å². The van der Waals surface area contributed by atoms with Crippen molar-refractivity contribution in [1.82, 2.24) is 4.98 Å². The summed E-state index contributed by atoms with van der Waals surface area (Å²) in [6, 6.07) is 19.5. The molecule has 4 rings (SSSR count). The summed E-state index contributed by atoms with van der Waals surface area (Å²) in [5.74, 6) is 0.529. The van der Waals surface area contributed by atoms with Crippen molar-refractivity contribution in [2.24, 2.45) is 0 Å². The normalized spacial score (nSPS) is 10.7. The number of aryl methyl sites for hydroxylation is 1. The Kier molecular flexibility index (Phi) is 4.60. The van der Waals surface area contributed by atoms with E-state index in [4.69, 9.17) is 4.74 Å². The quantitative estimate of drug-likeness (QED) is 0.511. The standard InChI is InChI=1S/C22H18N2O2S/c1-14-7-12-19(18-6-4-3-5-17(14)18)20-13-27-22(23-20)24-21(25)15-8-10-16(26-2)11-9-15/h3-13H,1-2H3,(H,23,24,25). The lowest BCUT2D eigenvalue weighted by Crippen LogP contribution is -2.11. The van der Waals surface area contributed by atoms with Crippen LogP contribution in [0.15, 0.2) is 66.0 Å². The van der Waals surface area contributed by atoms with Gasteiger partial charge >= 0.3 is 0 Å². The zero-order valence-electron chi connectivity index (χ0n) is 15.0. The van der Waals surface area contributed by atoms with Crippen LogP contribution in [0.4, 0.5) is 5.13 Å². The molecule has 3 aromatic carbocycles. The largest absolute Gasteiger partial charge is 0.497 e. The van der Waals surface area contributed by atoms with Crippen LogP contribution in [-0.4, -0.2) is 18.0 Å². The highest BCUT2D eigenvalue weighted by Crippen LogP contribution is 2.32. The van der Waals surface area contributed by atoms with E-state index in [1.807, 2.05) is 17.5 Å². The Bertz CT molecular complexity index is 1120. The van der Waals surface area contributed by atoms with Crippen LogP contribution in [0, 0.1) is 6.92 Å². The monoisotopic (exact) mass is 374 g/mol. The zero-order valence-corrected chi connectivity index (χ0v) is 15.8. The first-order valence-corrected chi connectivity index (χ1v) is 9.43. The van der Waals surface area contributed by atoms with Gasteiger partial charge in [0.1, 0.15) is 5.75 Å². The molecule has 0 aliphatic rings. The number of nitrogens with one attached hydrogen (secondary N) is 1. The van der Waals surface area contributed by atoms with Gasteiger partial charge in [-0.05, 0) is 47.5 Å². The van der Waals surface area contributed by atoms with Crippen LogP contribution in [-0.2, 0) is 0 Å². The van der Waals surface area contributed by atoms with Crippen molar-refractivity contribution in [3.63, 3.8) is 0 Å². The average molecular weight is 374 g/mol. The molecule has 1 N–H and O–H groups in total. The zero-order chi connectivity index (χ0) is 18.8. The van der Waals surface area contributed by atoms with E-state index in [-0.39, 0.29) is 5.91 Å². The second kappa shape index (κ2) is 7.21. The number of amides is 1. The topological polar surface area (TPSA) is 51.2 Å². The number of rotatable bonds is 4. The number of carbonyl (C=O) groups excluding carboxylic acids is 1. The number of hydrogen-bond acceptors (Lipinski definition) is 4. The summed E-state index contributed by atoms with van der Waals surface area (Å²) in [6.45, 7) is 2.10. The van der Waals surface area contributed by atoms with E-state index < -0.39 is 0 Å². The molecular weight excluding hydrogens is 356 g/mol. The van der Waals surface area contributed by atoms with E-state index in [2.05, 4.69) is 41.5 Å². The number of methoxy groups -OCH3 is 1. The minimum absolute atomic E-state index is 0.188. The SMILES string of the molecule is COc1ccc(C(=O)Nc2nc(-c3ccc(C)c4ccccc34)cs2)cc1. The fourth-order valence-corrected chi connectivity index (χ4v) is 3.75. The molecule has 0 fully saturated rings. The third-order valence-electron chi connectivity index (χ3n) is 4.49. The van der Waals surface area contributed by atoms with Crippen molar-refractivity contribution in [3.8, 4) is 17.0 Å². The number of benzene rings is 3. The van der Waals surface area contributed by atoms with Crippen molar-refractivity contribution in [2.75, 3.05) is 12.4 Å². The molecule has 0 bridgehead atoms. The summed E-state index contributed by atoms with van der Waals surface area (Å²) in [4.78, 5) is 17.1. The summed E-state index contributed by atoms with van der Waals surface area (Å²) >= 11 is 1.42. The van der Waals surface area contributed by atoms with Gasteiger partial charge in [0.2, 0.25) is 0 Å². The van der Waals surface area contributed by atoms with Crippen LogP contribution in [0.5, 0.6) is 5.75 Å². The van der Waals surface area contributed by atoms with Crippen LogP contribution in [0.3, 0.4) is 0 Å². The maximum absolute atomic E-state index is 12.4. The van der Waals surface area contributed by atoms with Gasteiger partial charge in [-0.3, -0.25) is 10.1 Å². The highest BCUT2D eigenvalue weighted by atomic mass is 32.1.